The molecular formula is C21H17F6N6O5S2-. The highest BCUT2D eigenvalue weighted by Crippen LogP contribution is 2.39. The predicted octanol–water partition coefficient (Wildman–Crippen LogP) is 5.31. The smallest absolute Gasteiger partial charge is 0.433 e. The molecule has 1 aromatic carbocycles. The van der Waals surface area contributed by atoms with Crippen molar-refractivity contribution in [1.82, 2.24) is 19.6 Å². The van der Waals surface area contributed by atoms with Crippen molar-refractivity contribution in [1.29, 1.82) is 0 Å². The second-order valence-corrected chi connectivity index (χ2v) is 10.5. The molecule has 0 saturated heterocycles. The van der Waals surface area contributed by atoms with Crippen LogP contribution in [0.2, 0.25) is 0 Å². The summed E-state index contributed by atoms with van der Waals surface area (Å²) in [5.41, 5.74) is 3.20. The lowest BCUT2D eigenvalue weighted by Crippen LogP contribution is -2.14. The Labute approximate surface area is 225 Å². The number of fused-ring (bicyclic) bond motifs is 1. The Kier molecular flexibility index (Phi) is 8.32. The lowest BCUT2D eigenvalue weighted by atomic mass is 10.1. The number of nitrogens with one attached hydrogen (secondary N) is 1. The molecule has 0 fully saturated rings. The lowest BCUT2D eigenvalue weighted by Gasteiger charge is -2.15. The van der Waals surface area contributed by atoms with E-state index in [-0.39, 0.29) is 27.2 Å². The fourth-order valence-electron chi connectivity index (χ4n) is 3.30. The Bertz CT molecular complexity index is 1680. The first-order valence-corrected chi connectivity index (χ1v) is 13.0. The average molecular weight is 612 g/mol. The number of benzene rings is 1. The second-order valence-electron chi connectivity index (χ2n) is 7.70. The van der Waals surface area contributed by atoms with Gasteiger partial charge >= 0.3 is 18.3 Å². The summed E-state index contributed by atoms with van der Waals surface area (Å²) in [4.78, 5) is 18.7. The third kappa shape index (κ3) is 6.59. The van der Waals surface area contributed by atoms with Crippen LogP contribution in [0.3, 0.4) is 0 Å². The first-order valence-electron chi connectivity index (χ1n) is 10.6. The molecule has 40 heavy (non-hydrogen) atoms. The number of primary sulfonamides is 1. The van der Waals surface area contributed by atoms with E-state index in [9.17, 15) is 39.6 Å². The molecule has 3 heterocycles. The number of carboxylic acids is 1. The lowest BCUT2D eigenvalue weighted by molar-refractivity contribution is -0.142. The van der Waals surface area contributed by atoms with Crippen LogP contribution in [0.15, 0.2) is 34.7 Å². The number of halogens is 6. The number of aromatic carboxylic acids is 1. The highest BCUT2D eigenvalue weighted by Gasteiger charge is 2.37. The highest BCUT2D eigenvalue weighted by molar-refractivity contribution is 7.91. The van der Waals surface area contributed by atoms with Crippen LogP contribution in [-0.4, -0.2) is 45.7 Å². The molecule has 0 unspecified atom stereocenters. The number of hydrogen-bond acceptors (Lipinski definition) is 8. The summed E-state index contributed by atoms with van der Waals surface area (Å²) in [6.07, 6.45) is -8.95. The Morgan fingerprint density at radius 2 is 1.80 bits per heavy atom. The Morgan fingerprint density at radius 1 is 1.15 bits per heavy atom. The minimum absolute atomic E-state index is 0.0255. The molecule has 216 valence electrons. The van der Waals surface area contributed by atoms with E-state index >= 15 is 0 Å². The van der Waals surface area contributed by atoms with Gasteiger partial charge in [-0.25, -0.2) is 27.9 Å². The standard InChI is InChI=1S/C17H11F6N3O3.C4H6N3O2S2/c1-2-29-12-5-8(3-4-10(12)16(18,19)20)11-6-13(17(21,22)23)26-14(25-11)9(7-24-26)15(27)28;1-2-3(11(6,8)9)10-4(5)7-2/h3-7H,2H2,1H3,(H,27,28);1H3,(H3-,5,6,7,8,9)/q;-1. The maximum Gasteiger partial charge on any atom is 0.433 e. The molecule has 4 N–H and O–H groups in total. The van der Waals surface area contributed by atoms with Gasteiger partial charge in [0.2, 0.25) is 10.0 Å². The molecule has 4 rings (SSSR count). The van der Waals surface area contributed by atoms with Gasteiger partial charge in [0.25, 0.3) is 0 Å². The van der Waals surface area contributed by atoms with E-state index in [0.717, 1.165) is 23.5 Å². The second kappa shape index (κ2) is 10.9. The van der Waals surface area contributed by atoms with Gasteiger partial charge in [0.05, 0.1) is 24.1 Å². The minimum atomic E-state index is -4.92. The van der Waals surface area contributed by atoms with Gasteiger partial charge in [0, 0.05) is 5.56 Å². The number of carbonyl (C=O) groups is 1. The summed E-state index contributed by atoms with van der Waals surface area (Å²) in [6, 6.07) is 3.07. The maximum absolute atomic E-state index is 13.4. The molecule has 19 heteroatoms. The Balaban J connectivity index is 0.000000336. The number of ether oxygens (including phenoxy) is 1. The van der Waals surface area contributed by atoms with Crippen molar-refractivity contribution in [2.45, 2.75) is 30.4 Å². The van der Waals surface area contributed by atoms with Crippen LogP contribution in [0, 0.1) is 6.92 Å². The van der Waals surface area contributed by atoms with Gasteiger partial charge in [-0.15, -0.1) is 11.3 Å². The van der Waals surface area contributed by atoms with Gasteiger partial charge in [0.1, 0.15) is 15.5 Å². The fraction of sp³-hybridized carbons (Fsp3) is 0.238. The van der Waals surface area contributed by atoms with E-state index in [0.29, 0.717) is 28.5 Å². The Morgan fingerprint density at radius 3 is 2.25 bits per heavy atom. The summed E-state index contributed by atoms with van der Waals surface area (Å²) in [6.45, 7) is 2.84. The average Bonchev–Trinajstić information content (AvgIpc) is 3.40. The SMILES string of the molecule is CCOc1cc(-c2cc(C(F)(F)F)n3ncc(C(=O)O)c3n2)ccc1C(F)(F)F.Cc1nc([NH-])sc1S(N)(=O)=O. The fourth-order valence-corrected chi connectivity index (χ4v) is 5.01. The number of sulfonamides is 1. The number of rotatable bonds is 5. The van der Waals surface area contributed by atoms with Crippen LogP contribution in [0.4, 0.5) is 31.5 Å². The maximum atomic E-state index is 13.4. The van der Waals surface area contributed by atoms with Crippen molar-refractivity contribution < 1.29 is 49.4 Å². The molecule has 11 nitrogen and oxygen atoms in total. The van der Waals surface area contributed by atoms with E-state index in [1.807, 2.05) is 0 Å². The van der Waals surface area contributed by atoms with Crippen LogP contribution in [0.25, 0.3) is 22.6 Å². The monoisotopic (exact) mass is 611 g/mol. The number of thiazole rings is 1. The van der Waals surface area contributed by atoms with Crippen molar-refractivity contribution in [2.75, 3.05) is 6.61 Å². The molecule has 0 aliphatic carbocycles. The molecule has 3 aromatic heterocycles. The molecule has 4 aromatic rings. The first kappa shape index (κ1) is 30.6. The van der Waals surface area contributed by atoms with Crippen LogP contribution in [-0.2, 0) is 22.4 Å². The predicted molar refractivity (Wildman–Crippen MR) is 129 cm³/mol. The van der Waals surface area contributed by atoms with Gasteiger partial charge in [-0.1, -0.05) is 6.07 Å². The normalized spacial score (nSPS) is 12.2. The van der Waals surface area contributed by atoms with Gasteiger partial charge in [-0.2, -0.15) is 31.4 Å². The van der Waals surface area contributed by atoms with Crippen LogP contribution in [0.5, 0.6) is 5.75 Å². The number of hydrogen-bond donors (Lipinski definition) is 2. The molecule has 0 bridgehead atoms. The molecule has 0 aliphatic rings. The molecule has 0 aliphatic heterocycles. The summed E-state index contributed by atoms with van der Waals surface area (Å²) in [5.74, 6) is -2.14. The summed E-state index contributed by atoms with van der Waals surface area (Å²) >= 11 is 0.764. The van der Waals surface area contributed by atoms with E-state index in [1.165, 1.54) is 13.8 Å². The summed E-state index contributed by atoms with van der Waals surface area (Å²) in [5, 5.41) is 17.4. The van der Waals surface area contributed by atoms with Crippen LogP contribution in [0.1, 0.15) is 34.2 Å². The summed E-state index contributed by atoms with van der Waals surface area (Å²) in [7, 11) is -3.68. The van der Waals surface area contributed by atoms with Crippen molar-refractivity contribution in [3.05, 3.63) is 58.7 Å². The molecule has 0 radical (unpaired) electrons. The Hall–Kier alpha value is -3.97. The zero-order chi connectivity index (χ0) is 30.2. The number of aryl methyl sites for hydroxylation is 1. The van der Waals surface area contributed by atoms with Gasteiger partial charge < -0.3 is 20.6 Å². The van der Waals surface area contributed by atoms with Crippen LogP contribution < -0.4 is 9.88 Å². The number of aromatic nitrogens is 4. The zero-order valence-electron chi connectivity index (χ0n) is 20.1. The van der Waals surface area contributed by atoms with Gasteiger partial charge in [-0.05, 0) is 42.9 Å². The van der Waals surface area contributed by atoms with Gasteiger partial charge in [0.15, 0.2) is 11.3 Å². The molecule has 0 amide bonds. The number of nitrogens with two attached hydrogens (primary N) is 1. The molecule has 0 atom stereocenters. The molecule has 0 saturated carbocycles. The first-order chi connectivity index (χ1) is 18.3. The number of nitrogens with zero attached hydrogens (tertiary/aromatic N) is 4. The van der Waals surface area contributed by atoms with Gasteiger partial charge in [-0.3, -0.25) is 0 Å². The largest absolute Gasteiger partial charge is 0.493 e. The number of carboxylic acid groups (broad SMARTS) is 1. The van der Waals surface area contributed by atoms with E-state index in [1.54, 1.807) is 0 Å². The van der Waals surface area contributed by atoms with Crippen LogP contribution >= 0.6 is 11.3 Å². The summed E-state index contributed by atoms with van der Waals surface area (Å²) < 4.78 is 106. The van der Waals surface area contributed by atoms with Crippen molar-refractivity contribution in [2.24, 2.45) is 5.14 Å². The highest BCUT2D eigenvalue weighted by atomic mass is 32.2. The minimum Gasteiger partial charge on any atom is -0.493 e. The molecular weight excluding hydrogens is 594 g/mol. The van der Waals surface area contributed by atoms with E-state index in [2.05, 4.69) is 15.1 Å². The quantitative estimate of drug-likeness (QED) is 0.286. The van der Waals surface area contributed by atoms with E-state index in [4.69, 9.17) is 20.7 Å². The topological polar surface area (TPSA) is 174 Å². The van der Waals surface area contributed by atoms with E-state index < -0.39 is 56.6 Å². The molecule has 0 spiro atoms. The third-order valence-corrected chi connectivity index (χ3v) is 7.41. The van der Waals surface area contributed by atoms with Crippen molar-refractivity contribution in [3.63, 3.8) is 0 Å². The third-order valence-electron chi connectivity index (χ3n) is 4.89. The van der Waals surface area contributed by atoms with Crippen molar-refractivity contribution in [3.8, 4) is 17.0 Å². The van der Waals surface area contributed by atoms with Crippen molar-refractivity contribution >= 4 is 38.1 Å². The zero-order valence-corrected chi connectivity index (χ0v) is 21.8. The number of alkyl halides is 6.